The second kappa shape index (κ2) is 16.9. The molecule has 0 aliphatic carbocycles. The lowest BCUT2D eigenvalue weighted by Crippen LogP contribution is -2.61. The number of hydrogen-bond donors (Lipinski definition) is 3. The molecule has 1 aromatic rings. The van der Waals surface area contributed by atoms with Gasteiger partial charge < -0.3 is 39.4 Å². The third-order valence-corrected chi connectivity index (χ3v) is 13.7. The molecule has 0 amide bonds. The number of rotatable bonds is 9. The van der Waals surface area contributed by atoms with Crippen molar-refractivity contribution in [2.75, 3.05) is 7.11 Å². The maximum Gasteiger partial charge on any atom is 0.339 e. The Hall–Kier alpha value is -3.22. The molecular formula is C47H76N4O12. The Morgan fingerprint density at radius 2 is 0.571 bits per heavy atom. The minimum atomic E-state index is -0.934. The van der Waals surface area contributed by atoms with Gasteiger partial charge in [0.15, 0.2) is 0 Å². The number of esters is 4. The number of carbonyl (C=O) groups excluding carboxylic acids is 4. The van der Waals surface area contributed by atoms with E-state index in [-0.39, 0.29) is 60.8 Å². The molecule has 356 valence electrons. The van der Waals surface area contributed by atoms with Crippen LogP contribution < -0.4 is 0 Å². The Balaban J connectivity index is 1.63. The van der Waals surface area contributed by atoms with Gasteiger partial charge in [-0.1, -0.05) is 0 Å². The lowest BCUT2D eigenvalue weighted by molar-refractivity contribution is -0.276. The smallest absolute Gasteiger partial charge is 0.339 e. The van der Waals surface area contributed by atoms with E-state index in [2.05, 4.69) is 0 Å². The lowest BCUT2D eigenvalue weighted by Gasteiger charge is -2.52. The molecule has 0 spiro atoms. The van der Waals surface area contributed by atoms with Crippen LogP contribution in [0.4, 0.5) is 0 Å². The van der Waals surface area contributed by atoms with Crippen molar-refractivity contribution in [3.05, 3.63) is 34.4 Å². The van der Waals surface area contributed by atoms with Crippen LogP contribution in [-0.4, -0.2) is 136 Å². The van der Waals surface area contributed by atoms with Crippen molar-refractivity contribution in [2.45, 2.75) is 231 Å². The lowest BCUT2D eigenvalue weighted by atomic mass is 9.80. The topological polar surface area (TPSA) is 188 Å². The van der Waals surface area contributed by atoms with Gasteiger partial charge in [-0.3, -0.25) is 0 Å². The van der Waals surface area contributed by atoms with Crippen molar-refractivity contribution in [2.24, 2.45) is 0 Å². The summed E-state index contributed by atoms with van der Waals surface area (Å²) in [4.78, 5) is 64.2. The number of benzene rings is 1. The summed E-state index contributed by atoms with van der Waals surface area (Å²) in [7, 11) is 1.60. The Morgan fingerprint density at radius 3 is 0.746 bits per heavy atom. The maximum atomic E-state index is 14.7. The van der Waals surface area contributed by atoms with E-state index in [0.717, 1.165) is 0 Å². The van der Waals surface area contributed by atoms with Gasteiger partial charge >= 0.3 is 23.9 Å². The highest BCUT2D eigenvalue weighted by Crippen LogP contribution is 2.43. The van der Waals surface area contributed by atoms with Gasteiger partial charge in [-0.15, -0.1) is 0 Å². The van der Waals surface area contributed by atoms with Crippen LogP contribution in [0.3, 0.4) is 0 Å². The van der Waals surface area contributed by atoms with Crippen molar-refractivity contribution < 1.29 is 58.6 Å². The summed E-state index contributed by atoms with van der Waals surface area (Å²) in [6, 6.07) is 2.34. The van der Waals surface area contributed by atoms with Crippen LogP contribution in [0.5, 0.6) is 0 Å². The molecule has 4 saturated heterocycles. The highest BCUT2D eigenvalue weighted by molar-refractivity contribution is 6.10. The molecular weight excluding hydrogens is 813 g/mol. The van der Waals surface area contributed by atoms with Crippen molar-refractivity contribution >= 4 is 23.9 Å². The van der Waals surface area contributed by atoms with Crippen LogP contribution in [0.15, 0.2) is 12.1 Å². The second-order valence-electron chi connectivity index (χ2n) is 23.6. The predicted molar refractivity (Wildman–Crippen MR) is 233 cm³/mol. The molecule has 4 aliphatic rings. The van der Waals surface area contributed by atoms with E-state index in [1.807, 2.05) is 116 Å². The summed E-state index contributed by atoms with van der Waals surface area (Å²) in [5, 5.41) is 38.6. The first-order valence-corrected chi connectivity index (χ1v) is 22.3. The SMILES string of the molecule is CON1C(C)(C)CC(OC(=O)c2cc(C(=O)OC3CC(C)(C)N(O)C(C)(C)C3)c(C(=O)OC3CC(C)(C)N(O)C(C)(C)C3)cc2C(=O)OC2CC(C)(C)N(O)C(C)(C)C2)CC1(C)C. The molecule has 0 aromatic heterocycles. The quantitative estimate of drug-likeness (QED) is 0.159. The zero-order valence-electron chi connectivity index (χ0n) is 40.9. The molecule has 0 bridgehead atoms. The fourth-order valence-corrected chi connectivity index (χ4v) is 11.7. The molecule has 4 fully saturated rings. The maximum absolute atomic E-state index is 14.7. The normalized spacial score (nSPS) is 26.4. The Bertz CT molecular complexity index is 1870. The molecule has 16 heteroatoms. The third kappa shape index (κ3) is 10.4. The standard InChI is InChI=1S/C47H76N4O12/c1-40(2)20-28(21-41(3,4)48(40)56)60-36(52)32-18-34(38(54)62-30-24-44(9,10)50(58)45(11,12)25-30)35(39(55)63-31-26-46(13,14)51(59-17)47(15,16)27-31)19-33(32)37(53)61-29-22-42(5,6)49(57)43(7,8)23-29/h18-19,28-31,56-58H,20-27H2,1-17H3. The van der Waals surface area contributed by atoms with Crippen LogP contribution in [0.1, 0.15) is 204 Å². The average molecular weight is 889 g/mol. The van der Waals surface area contributed by atoms with E-state index in [0.29, 0.717) is 12.8 Å². The monoisotopic (exact) mass is 889 g/mol. The van der Waals surface area contributed by atoms with Crippen LogP contribution in [0.2, 0.25) is 0 Å². The van der Waals surface area contributed by atoms with Crippen molar-refractivity contribution in [1.82, 2.24) is 20.3 Å². The molecule has 16 nitrogen and oxygen atoms in total. The van der Waals surface area contributed by atoms with Gasteiger partial charge in [0.25, 0.3) is 0 Å². The molecule has 4 aliphatic heterocycles. The van der Waals surface area contributed by atoms with Crippen molar-refractivity contribution in [3.8, 4) is 0 Å². The zero-order chi connectivity index (χ0) is 47.8. The van der Waals surface area contributed by atoms with E-state index < -0.39 is 92.6 Å². The third-order valence-electron chi connectivity index (χ3n) is 13.7. The number of carbonyl (C=O) groups is 4. The molecule has 0 unspecified atom stereocenters. The van der Waals surface area contributed by atoms with Crippen molar-refractivity contribution in [1.29, 1.82) is 0 Å². The summed E-state index contributed by atoms with van der Waals surface area (Å²) in [6.07, 6.45) is -0.439. The molecule has 63 heavy (non-hydrogen) atoms. The fraction of sp³-hybridized carbons (Fsp3) is 0.787. The van der Waals surface area contributed by atoms with E-state index in [1.54, 1.807) is 7.11 Å². The molecule has 0 radical (unpaired) electrons. The minimum absolute atomic E-state index is 0.255. The van der Waals surface area contributed by atoms with Crippen LogP contribution in [0, 0.1) is 0 Å². The van der Waals surface area contributed by atoms with Gasteiger partial charge in [0, 0.05) is 95.7 Å². The van der Waals surface area contributed by atoms with Gasteiger partial charge in [0.05, 0.1) is 29.4 Å². The fourth-order valence-electron chi connectivity index (χ4n) is 11.7. The minimum Gasteiger partial charge on any atom is -0.459 e. The first-order chi connectivity index (χ1) is 28.5. The summed E-state index contributed by atoms with van der Waals surface area (Å²) >= 11 is 0. The summed E-state index contributed by atoms with van der Waals surface area (Å²) in [6.45, 7) is 29.9. The largest absolute Gasteiger partial charge is 0.459 e. The van der Waals surface area contributed by atoms with Crippen LogP contribution >= 0.6 is 0 Å². The Morgan fingerprint density at radius 1 is 0.397 bits per heavy atom. The van der Waals surface area contributed by atoms with E-state index in [9.17, 15) is 34.8 Å². The number of hydrogen-bond acceptors (Lipinski definition) is 16. The van der Waals surface area contributed by atoms with Crippen molar-refractivity contribution in [3.63, 3.8) is 0 Å². The van der Waals surface area contributed by atoms with Gasteiger partial charge in [0.1, 0.15) is 24.4 Å². The van der Waals surface area contributed by atoms with E-state index in [4.69, 9.17) is 23.8 Å². The molecule has 4 heterocycles. The molecule has 1 aromatic carbocycles. The average Bonchev–Trinajstić information content (AvgIpc) is 3.09. The van der Waals surface area contributed by atoms with E-state index >= 15 is 0 Å². The van der Waals surface area contributed by atoms with Crippen LogP contribution in [-0.2, 0) is 23.8 Å². The first-order valence-electron chi connectivity index (χ1n) is 22.3. The van der Waals surface area contributed by atoms with Gasteiger partial charge in [-0.05, 0) is 123 Å². The number of ether oxygens (including phenoxy) is 4. The highest BCUT2D eigenvalue weighted by Gasteiger charge is 2.51. The van der Waals surface area contributed by atoms with Gasteiger partial charge in [-0.2, -0.15) is 20.3 Å². The molecule has 5 rings (SSSR count). The predicted octanol–water partition coefficient (Wildman–Crippen LogP) is 8.13. The highest BCUT2D eigenvalue weighted by atomic mass is 16.7. The second-order valence-corrected chi connectivity index (χ2v) is 23.6. The number of nitrogens with zero attached hydrogens (tertiary/aromatic N) is 4. The van der Waals surface area contributed by atoms with Crippen LogP contribution in [0.25, 0.3) is 0 Å². The number of hydroxylamine groups is 8. The molecule has 3 N–H and O–H groups in total. The van der Waals surface area contributed by atoms with E-state index in [1.165, 1.54) is 27.3 Å². The zero-order valence-corrected chi connectivity index (χ0v) is 40.9. The summed E-state index contributed by atoms with van der Waals surface area (Å²) in [5.41, 5.74) is -7.06. The number of piperidine rings is 4. The van der Waals surface area contributed by atoms with Gasteiger partial charge in [0.2, 0.25) is 0 Å². The summed E-state index contributed by atoms with van der Waals surface area (Å²) in [5.74, 6) is -3.70. The molecule has 0 atom stereocenters. The first kappa shape index (κ1) is 50.8. The summed E-state index contributed by atoms with van der Waals surface area (Å²) < 4.78 is 24.7. The Kier molecular flexibility index (Phi) is 13.6. The molecule has 0 saturated carbocycles. The Labute approximate surface area is 374 Å². The van der Waals surface area contributed by atoms with Gasteiger partial charge in [-0.25, -0.2) is 19.2 Å².